The summed E-state index contributed by atoms with van der Waals surface area (Å²) in [7, 11) is -3.84. The molecule has 10 heteroatoms. The molecule has 30 heavy (non-hydrogen) atoms. The summed E-state index contributed by atoms with van der Waals surface area (Å²) in [5, 5.41) is 0. The molecule has 2 aromatic rings. The Morgan fingerprint density at radius 3 is 2.23 bits per heavy atom. The summed E-state index contributed by atoms with van der Waals surface area (Å²) < 4.78 is 38.4. The van der Waals surface area contributed by atoms with Gasteiger partial charge in [0.25, 0.3) is 15.9 Å². The van der Waals surface area contributed by atoms with Crippen molar-refractivity contribution in [3.05, 3.63) is 54.1 Å². The molecule has 0 radical (unpaired) electrons. The van der Waals surface area contributed by atoms with Gasteiger partial charge < -0.3 is 20.1 Å². The van der Waals surface area contributed by atoms with Gasteiger partial charge in [-0.05, 0) is 55.5 Å². The Balaban J connectivity index is 1.63. The van der Waals surface area contributed by atoms with Gasteiger partial charge in [0.1, 0.15) is 5.75 Å². The SMILES string of the molecule is C[C@@H](Oc1ccc(S(=O)(=O)Nc2ccc(C(N)=O)cc2)cc1)C(=O)N1CCOCC1. The van der Waals surface area contributed by atoms with Crippen molar-refractivity contribution in [1.29, 1.82) is 0 Å². The zero-order valence-electron chi connectivity index (χ0n) is 16.4. The lowest BCUT2D eigenvalue weighted by Crippen LogP contribution is -2.46. The fourth-order valence-corrected chi connectivity index (χ4v) is 3.97. The zero-order valence-corrected chi connectivity index (χ0v) is 17.2. The summed E-state index contributed by atoms with van der Waals surface area (Å²) in [4.78, 5) is 25.2. The summed E-state index contributed by atoms with van der Waals surface area (Å²) in [5.41, 5.74) is 5.75. The van der Waals surface area contributed by atoms with E-state index in [9.17, 15) is 18.0 Å². The molecule has 2 aromatic carbocycles. The Morgan fingerprint density at radius 1 is 1.07 bits per heavy atom. The van der Waals surface area contributed by atoms with Gasteiger partial charge in [-0.1, -0.05) is 0 Å². The van der Waals surface area contributed by atoms with Crippen molar-refractivity contribution in [2.24, 2.45) is 5.73 Å². The molecule has 1 aliphatic rings. The number of benzene rings is 2. The van der Waals surface area contributed by atoms with E-state index in [1.54, 1.807) is 11.8 Å². The molecule has 3 N–H and O–H groups in total. The van der Waals surface area contributed by atoms with Gasteiger partial charge in [-0.25, -0.2) is 8.42 Å². The first-order valence-corrected chi connectivity index (χ1v) is 10.8. The smallest absolute Gasteiger partial charge is 0.263 e. The number of nitrogens with one attached hydrogen (secondary N) is 1. The molecule has 0 spiro atoms. The van der Waals surface area contributed by atoms with E-state index in [-0.39, 0.29) is 16.4 Å². The zero-order chi connectivity index (χ0) is 21.7. The van der Waals surface area contributed by atoms with Crippen LogP contribution in [0.4, 0.5) is 5.69 Å². The first kappa shape index (κ1) is 21.6. The summed E-state index contributed by atoms with van der Waals surface area (Å²) in [6.07, 6.45) is -0.701. The van der Waals surface area contributed by atoms with Gasteiger partial charge in [-0.3, -0.25) is 14.3 Å². The summed E-state index contributed by atoms with van der Waals surface area (Å²) in [6, 6.07) is 11.5. The number of amides is 2. The van der Waals surface area contributed by atoms with Gasteiger partial charge in [0.2, 0.25) is 5.91 Å². The summed E-state index contributed by atoms with van der Waals surface area (Å²) in [5.74, 6) is -0.355. The molecule has 1 heterocycles. The lowest BCUT2D eigenvalue weighted by atomic mass is 10.2. The third-order valence-electron chi connectivity index (χ3n) is 4.54. The lowest BCUT2D eigenvalue weighted by molar-refractivity contribution is -0.142. The molecular formula is C20H23N3O6S. The van der Waals surface area contributed by atoms with Crippen molar-refractivity contribution in [2.45, 2.75) is 17.9 Å². The van der Waals surface area contributed by atoms with Crippen LogP contribution in [0.15, 0.2) is 53.4 Å². The number of carbonyl (C=O) groups excluding carboxylic acids is 2. The fraction of sp³-hybridized carbons (Fsp3) is 0.300. The van der Waals surface area contributed by atoms with E-state index in [1.165, 1.54) is 48.5 Å². The molecule has 0 aliphatic carbocycles. The maximum atomic E-state index is 12.6. The number of anilines is 1. The van der Waals surface area contributed by atoms with Crippen LogP contribution in [-0.4, -0.2) is 57.5 Å². The minimum atomic E-state index is -3.84. The van der Waals surface area contributed by atoms with Gasteiger partial charge >= 0.3 is 0 Å². The van der Waals surface area contributed by atoms with Crippen LogP contribution in [0, 0.1) is 0 Å². The van der Waals surface area contributed by atoms with E-state index in [2.05, 4.69) is 4.72 Å². The first-order chi connectivity index (χ1) is 14.3. The molecule has 0 bridgehead atoms. The van der Waals surface area contributed by atoms with E-state index >= 15 is 0 Å². The molecule has 0 aromatic heterocycles. The molecule has 9 nitrogen and oxygen atoms in total. The highest BCUT2D eigenvalue weighted by molar-refractivity contribution is 7.92. The number of rotatable bonds is 7. The first-order valence-electron chi connectivity index (χ1n) is 9.32. The predicted octanol–water partition coefficient (Wildman–Crippen LogP) is 1.21. The average molecular weight is 433 g/mol. The van der Waals surface area contributed by atoms with Crippen LogP contribution in [0.1, 0.15) is 17.3 Å². The molecule has 1 aliphatic heterocycles. The topological polar surface area (TPSA) is 128 Å². The molecule has 2 amide bonds. The Morgan fingerprint density at radius 2 is 1.67 bits per heavy atom. The fourth-order valence-electron chi connectivity index (χ4n) is 2.91. The molecule has 0 saturated carbocycles. The Bertz CT molecular complexity index is 1000. The second kappa shape index (κ2) is 9.14. The van der Waals surface area contributed by atoms with E-state index in [1.807, 2.05) is 0 Å². The van der Waals surface area contributed by atoms with Crippen molar-refractivity contribution in [3.8, 4) is 5.75 Å². The Kier molecular flexibility index (Phi) is 6.58. The number of nitrogens with zero attached hydrogens (tertiary/aromatic N) is 1. The second-order valence-corrected chi connectivity index (χ2v) is 8.40. The van der Waals surface area contributed by atoms with Crippen LogP contribution in [0.2, 0.25) is 0 Å². The standard InChI is InChI=1S/C20H23N3O6S/c1-14(20(25)23-10-12-28-13-11-23)29-17-6-8-18(9-7-17)30(26,27)22-16-4-2-15(3-5-16)19(21)24/h2-9,14,22H,10-13H2,1H3,(H2,21,24)/t14-/m1/s1. The lowest BCUT2D eigenvalue weighted by Gasteiger charge is -2.29. The molecule has 3 rings (SSSR count). The van der Waals surface area contributed by atoms with Crippen molar-refractivity contribution >= 4 is 27.5 Å². The van der Waals surface area contributed by atoms with Crippen LogP contribution in [0.3, 0.4) is 0 Å². The molecule has 0 unspecified atom stereocenters. The molecule has 1 atom stereocenters. The Hall–Kier alpha value is -3.11. The Labute approximate surface area is 174 Å². The van der Waals surface area contributed by atoms with Crippen LogP contribution in [0.25, 0.3) is 0 Å². The van der Waals surface area contributed by atoms with Gasteiger partial charge in [-0.2, -0.15) is 0 Å². The van der Waals surface area contributed by atoms with Crippen LogP contribution >= 0.6 is 0 Å². The largest absolute Gasteiger partial charge is 0.481 e. The van der Waals surface area contributed by atoms with Crippen LogP contribution in [-0.2, 0) is 19.6 Å². The summed E-state index contributed by atoms with van der Waals surface area (Å²) >= 11 is 0. The quantitative estimate of drug-likeness (QED) is 0.676. The van der Waals surface area contributed by atoms with Gasteiger partial charge in [0, 0.05) is 24.3 Å². The minimum Gasteiger partial charge on any atom is -0.481 e. The van der Waals surface area contributed by atoms with Crippen molar-refractivity contribution < 1.29 is 27.5 Å². The molecule has 160 valence electrons. The number of primary amides is 1. The van der Waals surface area contributed by atoms with E-state index in [4.69, 9.17) is 15.2 Å². The van der Waals surface area contributed by atoms with Crippen LogP contribution in [0.5, 0.6) is 5.75 Å². The molecule has 1 saturated heterocycles. The predicted molar refractivity (Wildman–Crippen MR) is 110 cm³/mol. The van der Waals surface area contributed by atoms with Gasteiger partial charge in [0.05, 0.1) is 18.1 Å². The number of nitrogens with two attached hydrogens (primary N) is 1. The number of carbonyl (C=O) groups is 2. The number of sulfonamides is 1. The van der Waals surface area contributed by atoms with Gasteiger partial charge in [0.15, 0.2) is 6.10 Å². The van der Waals surface area contributed by atoms with Crippen LogP contribution < -0.4 is 15.2 Å². The maximum absolute atomic E-state index is 12.6. The molecular weight excluding hydrogens is 410 g/mol. The maximum Gasteiger partial charge on any atom is 0.263 e. The second-order valence-electron chi connectivity index (χ2n) is 6.72. The van der Waals surface area contributed by atoms with Crippen molar-refractivity contribution in [1.82, 2.24) is 4.90 Å². The van der Waals surface area contributed by atoms with E-state index in [0.717, 1.165) is 0 Å². The highest BCUT2D eigenvalue weighted by Gasteiger charge is 2.24. The number of hydrogen-bond donors (Lipinski definition) is 2. The normalized spacial score (nSPS) is 15.3. The molecule has 1 fully saturated rings. The van der Waals surface area contributed by atoms with E-state index in [0.29, 0.717) is 37.7 Å². The van der Waals surface area contributed by atoms with Crippen molar-refractivity contribution in [2.75, 3.05) is 31.0 Å². The summed E-state index contributed by atoms with van der Waals surface area (Å²) in [6.45, 7) is 3.71. The number of morpholine rings is 1. The third kappa shape index (κ3) is 5.28. The highest BCUT2D eigenvalue weighted by atomic mass is 32.2. The van der Waals surface area contributed by atoms with Crippen molar-refractivity contribution in [3.63, 3.8) is 0 Å². The minimum absolute atomic E-state index is 0.0287. The average Bonchev–Trinajstić information content (AvgIpc) is 2.74. The highest BCUT2D eigenvalue weighted by Crippen LogP contribution is 2.21. The number of hydrogen-bond acceptors (Lipinski definition) is 6. The van der Waals surface area contributed by atoms with Gasteiger partial charge in [-0.15, -0.1) is 0 Å². The monoisotopic (exact) mass is 433 g/mol. The third-order valence-corrected chi connectivity index (χ3v) is 5.94. The number of ether oxygens (including phenoxy) is 2. The van der Waals surface area contributed by atoms with E-state index < -0.39 is 22.0 Å².